The second kappa shape index (κ2) is 10.5. The van der Waals surface area contributed by atoms with Crippen molar-refractivity contribution in [1.29, 1.82) is 0 Å². The Balaban J connectivity index is 0.00000288. The lowest BCUT2D eigenvalue weighted by molar-refractivity contribution is -0.645. The van der Waals surface area contributed by atoms with Crippen LogP contribution in [0.4, 0.5) is 0 Å². The first-order valence-electron chi connectivity index (χ1n) is 8.51. The van der Waals surface area contributed by atoms with Crippen LogP contribution < -0.4 is 28.5 Å². The van der Waals surface area contributed by atoms with E-state index in [1.54, 1.807) is 0 Å². The summed E-state index contributed by atoms with van der Waals surface area (Å²) in [5.41, 5.74) is 2.50. The minimum Gasteiger partial charge on any atom is -1.00 e. The predicted octanol–water partition coefficient (Wildman–Crippen LogP) is -0.0917. The number of aryl methyl sites for hydroxylation is 2. The van der Waals surface area contributed by atoms with E-state index in [0.29, 0.717) is 19.8 Å². The van der Waals surface area contributed by atoms with Crippen molar-refractivity contribution in [3.05, 3.63) is 30.6 Å². The Hall–Kier alpha value is -0.483. The van der Waals surface area contributed by atoms with Crippen LogP contribution in [0.3, 0.4) is 0 Å². The van der Waals surface area contributed by atoms with E-state index in [9.17, 15) is 0 Å². The van der Waals surface area contributed by atoms with Gasteiger partial charge in [-0.3, -0.25) is 0 Å². The number of benzene rings is 1. The third kappa shape index (κ3) is 5.25. The summed E-state index contributed by atoms with van der Waals surface area (Å²) in [6.45, 7) is 8.83. The van der Waals surface area contributed by atoms with E-state index < -0.39 is 8.80 Å². The number of hydrogen-bond acceptors (Lipinski definition) is 3. The van der Waals surface area contributed by atoms with Crippen molar-refractivity contribution in [3.8, 4) is 0 Å². The maximum absolute atomic E-state index is 5.92. The van der Waals surface area contributed by atoms with Gasteiger partial charge >= 0.3 is 8.80 Å². The van der Waals surface area contributed by atoms with Gasteiger partial charge in [-0.15, -0.1) is 0 Å². The number of para-hydroxylation sites is 2. The summed E-state index contributed by atoms with van der Waals surface area (Å²) in [7, 11) is -0.448. The molecule has 0 saturated carbocycles. The standard InChI is InChI=1S/C17H29N2O3Si.HI/c1-5-20-23(21-6-2,22-7-3)14-10-13-19-15-18(4)16-11-8-9-12-17(16)19;/h8-9,11-12,15H,5-7,10,13-14H2,1-4H3;1H/q+1;/p-1. The van der Waals surface area contributed by atoms with Crippen molar-refractivity contribution in [2.75, 3.05) is 19.8 Å². The highest BCUT2D eigenvalue weighted by Gasteiger charge is 2.39. The van der Waals surface area contributed by atoms with Gasteiger partial charge in [0.2, 0.25) is 6.33 Å². The van der Waals surface area contributed by atoms with Gasteiger partial charge in [0.1, 0.15) is 0 Å². The maximum Gasteiger partial charge on any atom is 0.501 e. The molecule has 136 valence electrons. The molecule has 5 nitrogen and oxygen atoms in total. The third-order valence-corrected chi connectivity index (χ3v) is 7.01. The summed E-state index contributed by atoms with van der Waals surface area (Å²) in [6.07, 6.45) is 3.13. The van der Waals surface area contributed by atoms with Crippen LogP contribution in [0.1, 0.15) is 27.2 Å². The molecule has 2 aromatic rings. The smallest absolute Gasteiger partial charge is 0.501 e. The molecule has 24 heavy (non-hydrogen) atoms. The zero-order valence-electron chi connectivity index (χ0n) is 15.1. The molecule has 1 aromatic heterocycles. The highest BCUT2D eigenvalue weighted by molar-refractivity contribution is 6.60. The Bertz CT molecular complexity index is 604. The maximum atomic E-state index is 5.92. The summed E-state index contributed by atoms with van der Waals surface area (Å²) in [6, 6.07) is 9.31. The predicted molar refractivity (Wildman–Crippen MR) is 93.2 cm³/mol. The number of fused-ring (bicyclic) bond motifs is 1. The van der Waals surface area contributed by atoms with Gasteiger partial charge in [-0.25, -0.2) is 9.13 Å². The minimum absolute atomic E-state index is 0. The van der Waals surface area contributed by atoms with E-state index in [4.69, 9.17) is 13.3 Å². The third-order valence-electron chi connectivity index (χ3n) is 3.86. The molecule has 0 saturated heterocycles. The monoisotopic (exact) mass is 464 g/mol. The largest absolute Gasteiger partial charge is 1.00 e. The van der Waals surface area contributed by atoms with Gasteiger partial charge in [-0.05, 0) is 39.3 Å². The first-order valence-corrected chi connectivity index (χ1v) is 10.4. The Labute approximate surface area is 163 Å². The number of aromatic nitrogens is 2. The van der Waals surface area contributed by atoms with E-state index in [1.807, 2.05) is 20.8 Å². The molecule has 0 aliphatic heterocycles. The molecular formula is C17H29IN2O3Si. The topological polar surface area (TPSA) is 36.5 Å². The van der Waals surface area contributed by atoms with Crippen molar-refractivity contribution in [1.82, 2.24) is 4.57 Å². The lowest BCUT2D eigenvalue weighted by Crippen LogP contribution is -3.00. The molecule has 0 N–H and O–H groups in total. The lowest BCUT2D eigenvalue weighted by atomic mass is 10.3. The first-order chi connectivity index (χ1) is 11.2. The zero-order chi connectivity index (χ0) is 16.7. The second-order valence-corrected chi connectivity index (χ2v) is 8.23. The van der Waals surface area contributed by atoms with E-state index in [0.717, 1.165) is 19.0 Å². The SMILES string of the molecule is CCO[Si](CCCn1c[n+](C)c2ccccc21)(OCC)OCC.[I-]. The van der Waals surface area contributed by atoms with Gasteiger partial charge in [-0.1, -0.05) is 12.1 Å². The minimum atomic E-state index is -2.53. The zero-order valence-corrected chi connectivity index (χ0v) is 18.3. The number of rotatable bonds is 10. The fourth-order valence-corrected chi connectivity index (χ4v) is 5.58. The van der Waals surface area contributed by atoms with Gasteiger partial charge in [0.15, 0.2) is 11.0 Å². The van der Waals surface area contributed by atoms with Gasteiger partial charge in [-0.2, -0.15) is 0 Å². The summed E-state index contributed by atoms with van der Waals surface area (Å²) >= 11 is 0. The van der Waals surface area contributed by atoms with Gasteiger partial charge < -0.3 is 37.3 Å². The molecule has 0 bridgehead atoms. The van der Waals surface area contributed by atoms with Crippen LogP contribution in [0.15, 0.2) is 30.6 Å². The Morgan fingerprint density at radius 2 is 1.58 bits per heavy atom. The van der Waals surface area contributed by atoms with Crippen LogP contribution in [-0.4, -0.2) is 33.2 Å². The molecule has 0 radical (unpaired) electrons. The molecule has 0 atom stereocenters. The average molecular weight is 464 g/mol. The van der Waals surface area contributed by atoms with E-state index in [-0.39, 0.29) is 24.0 Å². The number of imidazole rings is 1. The molecule has 0 unspecified atom stereocenters. The van der Waals surface area contributed by atoms with Crippen molar-refractivity contribution in [3.63, 3.8) is 0 Å². The van der Waals surface area contributed by atoms with Crippen LogP contribution in [0.2, 0.25) is 6.04 Å². The molecule has 7 heteroatoms. The Morgan fingerprint density at radius 1 is 1.00 bits per heavy atom. The molecule has 0 fully saturated rings. The molecule has 1 heterocycles. The van der Waals surface area contributed by atoms with Crippen LogP contribution in [0, 0.1) is 0 Å². The molecule has 0 amide bonds. The molecule has 1 aromatic carbocycles. The first kappa shape index (κ1) is 21.6. The van der Waals surface area contributed by atoms with Crippen LogP contribution in [0.25, 0.3) is 11.0 Å². The Kier molecular flexibility index (Phi) is 9.43. The highest BCUT2D eigenvalue weighted by atomic mass is 127. The van der Waals surface area contributed by atoms with E-state index in [2.05, 4.69) is 46.8 Å². The van der Waals surface area contributed by atoms with Crippen molar-refractivity contribution in [2.45, 2.75) is 39.8 Å². The molecule has 0 spiro atoms. The molecule has 0 aliphatic rings. The lowest BCUT2D eigenvalue weighted by Gasteiger charge is -2.28. The number of nitrogens with zero attached hydrogens (tertiary/aromatic N) is 2. The molecule has 0 aliphatic carbocycles. The fourth-order valence-electron chi connectivity index (χ4n) is 2.98. The average Bonchev–Trinajstić information content (AvgIpc) is 2.85. The van der Waals surface area contributed by atoms with E-state index >= 15 is 0 Å². The van der Waals surface area contributed by atoms with Crippen molar-refractivity contribution >= 4 is 19.8 Å². The van der Waals surface area contributed by atoms with Crippen LogP contribution in [-0.2, 0) is 26.9 Å². The normalized spacial score (nSPS) is 11.7. The number of hydrogen-bond donors (Lipinski definition) is 0. The van der Waals surface area contributed by atoms with Crippen molar-refractivity contribution < 1.29 is 41.8 Å². The van der Waals surface area contributed by atoms with Crippen LogP contribution in [0.5, 0.6) is 0 Å². The second-order valence-electron chi connectivity index (χ2n) is 5.49. The number of halogens is 1. The van der Waals surface area contributed by atoms with Gasteiger partial charge in [0, 0.05) is 25.9 Å². The van der Waals surface area contributed by atoms with Crippen molar-refractivity contribution in [2.24, 2.45) is 7.05 Å². The fraction of sp³-hybridized carbons (Fsp3) is 0.588. The quantitative estimate of drug-likeness (QED) is 0.280. The molecular weight excluding hydrogens is 435 g/mol. The molecule has 2 rings (SSSR count). The highest BCUT2D eigenvalue weighted by Crippen LogP contribution is 2.20. The van der Waals surface area contributed by atoms with Crippen LogP contribution >= 0.6 is 0 Å². The van der Waals surface area contributed by atoms with Gasteiger partial charge in [0.25, 0.3) is 0 Å². The summed E-state index contributed by atoms with van der Waals surface area (Å²) in [4.78, 5) is 0. The summed E-state index contributed by atoms with van der Waals surface area (Å²) < 4.78 is 22.2. The van der Waals surface area contributed by atoms with Gasteiger partial charge in [0.05, 0.1) is 13.6 Å². The summed E-state index contributed by atoms with van der Waals surface area (Å²) in [5, 5.41) is 0. The Morgan fingerprint density at radius 3 is 2.17 bits per heavy atom. The summed E-state index contributed by atoms with van der Waals surface area (Å²) in [5.74, 6) is 0. The van der Waals surface area contributed by atoms with E-state index in [1.165, 1.54) is 11.0 Å².